The number of fused-ring (bicyclic) bond motifs is 2. The molecule has 2 amide bonds. The van der Waals surface area contributed by atoms with Crippen molar-refractivity contribution >= 4 is 22.8 Å². The summed E-state index contributed by atoms with van der Waals surface area (Å²) in [6, 6.07) is 19.2. The van der Waals surface area contributed by atoms with Crippen molar-refractivity contribution in [3.63, 3.8) is 0 Å². The lowest BCUT2D eigenvalue weighted by molar-refractivity contribution is -0.142. The van der Waals surface area contributed by atoms with Crippen molar-refractivity contribution in [1.29, 1.82) is 0 Å². The number of aromatic nitrogens is 3. The highest BCUT2D eigenvalue weighted by molar-refractivity contribution is 5.89. The van der Waals surface area contributed by atoms with Crippen LogP contribution in [0.4, 0.5) is 0 Å². The van der Waals surface area contributed by atoms with Crippen molar-refractivity contribution in [2.24, 2.45) is 0 Å². The molecule has 1 aromatic heterocycles. The summed E-state index contributed by atoms with van der Waals surface area (Å²) in [6.45, 7) is 5.88. The van der Waals surface area contributed by atoms with Gasteiger partial charge in [0.05, 0.1) is 12.6 Å². The quantitative estimate of drug-likeness (QED) is 0.369. The Kier molecular flexibility index (Phi) is 7.10. The van der Waals surface area contributed by atoms with E-state index in [0.717, 1.165) is 11.1 Å². The molecule has 0 unspecified atom stereocenters. The summed E-state index contributed by atoms with van der Waals surface area (Å²) in [5.74, 6) is 1.20. The molecule has 0 aliphatic carbocycles. The van der Waals surface area contributed by atoms with E-state index in [2.05, 4.69) is 15.6 Å². The molecular formula is C29H31N5O5. The number of para-hydroxylation sites is 1. The van der Waals surface area contributed by atoms with E-state index in [1.807, 2.05) is 63.2 Å². The van der Waals surface area contributed by atoms with Gasteiger partial charge < -0.3 is 24.4 Å². The van der Waals surface area contributed by atoms with E-state index < -0.39 is 11.6 Å². The molecule has 10 nitrogen and oxygen atoms in total. The summed E-state index contributed by atoms with van der Waals surface area (Å²) < 4.78 is 18.0. The van der Waals surface area contributed by atoms with Gasteiger partial charge in [-0.05, 0) is 68.3 Å². The number of carbonyl (C=O) groups is 2. The van der Waals surface area contributed by atoms with E-state index in [-0.39, 0.29) is 31.7 Å². The van der Waals surface area contributed by atoms with Gasteiger partial charge in [0.2, 0.25) is 18.6 Å². The van der Waals surface area contributed by atoms with Crippen LogP contribution in [-0.4, -0.2) is 51.1 Å². The molecular weight excluding hydrogens is 498 g/mol. The number of ether oxygens (including phenoxy) is 3. The number of carbonyl (C=O) groups excluding carboxylic acids is 2. The number of nitrogens with zero attached hydrogens (tertiary/aromatic N) is 4. The minimum Gasteiger partial charge on any atom is -0.497 e. The molecule has 1 N–H and O–H groups in total. The average Bonchev–Trinajstić information content (AvgIpc) is 3.54. The fourth-order valence-electron chi connectivity index (χ4n) is 4.53. The van der Waals surface area contributed by atoms with Crippen LogP contribution in [0.5, 0.6) is 17.2 Å². The van der Waals surface area contributed by atoms with Crippen molar-refractivity contribution in [2.75, 3.05) is 13.9 Å². The van der Waals surface area contributed by atoms with Gasteiger partial charge in [0.25, 0.3) is 0 Å². The number of benzene rings is 3. The zero-order valence-corrected chi connectivity index (χ0v) is 22.4. The minimum absolute atomic E-state index is 0.103. The average molecular weight is 530 g/mol. The van der Waals surface area contributed by atoms with Gasteiger partial charge in [-0.3, -0.25) is 9.59 Å². The normalized spacial score (nSPS) is 13.2. The second-order valence-corrected chi connectivity index (χ2v) is 10.4. The van der Waals surface area contributed by atoms with Gasteiger partial charge in [-0.15, -0.1) is 5.10 Å². The fourth-order valence-corrected chi connectivity index (χ4v) is 4.53. The number of nitrogens with one attached hydrogen (secondary N) is 1. The molecule has 0 saturated heterocycles. The first-order chi connectivity index (χ1) is 18.7. The second kappa shape index (κ2) is 10.6. The first kappa shape index (κ1) is 26.0. The Morgan fingerprint density at radius 3 is 2.64 bits per heavy atom. The Morgan fingerprint density at radius 2 is 1.85 bits per heavy atom. The summed E-state index contributed by atoms with van der Waals surface area (Å²) in [6.07, 6.45) is 0. The predicted octanol–water partition coefficient (Wildman–Crippen LogP) is 3.85. The van der Waals surface area contributed by atoms with Crippen molar-refractivity contribution < 1.29 is 23.8 Å². The van der Waals surface area contributed by atoms with Crippen LogP contribution >= 0.6 is 0 Å². The molecule has 0 spiro atoms. The molecule has 1 aliphatic rings. The Labute approximate surface area is 226 Å². The summed E-state index contributed by atoms with van der Waals surface area (Å²) in [4.78, 5) is 29.5. The molecule has 3 aromatic carbocycles. The standard InChI is InChI=1S/C29H31N5O5/c1-29(2,3)30-28(36)27(20-8-7-9-21(15-20)37-4)33(16-19-12-13-24-25(14-19)39-18-38-24)26(35)17-34-23-11-6-5-10-22(23)31-32-34/h5-15,27H,16-18H2,1-4H3,(H,30,36)/t27-/m1/s1. The van der Waals surface area contributed by atoms with Gasteiger partial charge in [0.15, 0.2) is 11.5 Å². The highest BCUT2D eigenvalue weighted by atomic mass is 16.7. The number of amides is 2. The summed E-state index contributed by atoms with van der Waals surface area (Å²) in [7, 11) is 1.56. The lowest BCUT2D eigenvalue weighted by atomic mass is 10.00. The summed E-state index contributed by atoms with van der Waals surface area (Å²) in [5, 5.41) is 11.4. The van der Waals surface area contributed by atoms with Gasteiger partial charge in [0.1, 0.15) is 23.9 Å². The molecule has 39 heavy (non-hydrogen) atoms. The molecule has 0 fully saturated rings. The molecule has 0 radical (unpaired) electrons. The number of hydrogen-bond donors (Lipinski definition) is 1. The minimum atomic E-state index is -0.952. The monoisotopic (exact) mass is 529 g/mol. The zero-order chi connectivity index (χ0) is 27.6. The van der Waals surface area contributed by atoms with Crippen LogP contribution in [0.1, 0.15) is 37.9 Å². The van der Waals surface area contributed by atoms with Crippen molar-refractivity contribution in [1.82, 2.24) is 25.2 Å². The summed E-state index contributed by atoms with van der Waals surface area (Å²) in [5.41, 5.74) is 2.29. The predicted molar refractivity (Wildman–Crippen MR) is 144 cm³/mol. The molecule has 4 aromatic rings. The maximum atomic E-state index is 14.1. The van der Waals surface area contributed by atoms with Crippen LogP contribution in [0.2, 0.25) is 0 Å². The van der Waals surface area contributed by atoms with Crippen molar-refractivity contribution in [3.8, 4) is 17.2 Å². The van der Waals surface area contributed by atoms with Crippen molar-refractivity contribution in [2.45, 2.75) is 45.4 Å². The molecule has 0 bridgehead atoms. The van der Waals surface area contributed by atoms with E-state index in [1.54, 1.807) is 41.0 Å². The SMILES string of the molecule is COc1cccc([C@H](C(=O)NC(C)(C)C)N(Cc2ccc3c(c2)OCO3)C(=O)Cn2nnc3ccccc32)c1. The highest BCUT2D eigenvalue weighted by Crippen LogP contribution is 2.34. The lowest BCUT2D eigenvalue weighted by Crippen LogP contribution is -2.49. The van der Waals surface area contributed by atoms with Gasteiger partial charge in [0, 0.05) is 12.1 Å². The molecule has 2 heterocycles. The maximum Gasteiger partial charge on any atom is 0.247 e. The Morgan fingerprint density at radius 1 is 1.05 bits per heavy atom. The highest BCUT2D eigenvalue weighted by Gasteiger charge is 2.34. The zero-order valence-electron chi connectivity index (χ0n) is 22.4. The first-order valence-corrected chi connectivity index (χ1v) is 12.6. The van der Waals surface area contributed by atoms with E-state index in [9.17, 15) is 9.59 Å². The van der Waals surface area contributed by atoms with E-state index in [4.69, 9.17) is 14.2 Å². The number of hydrogen-bond acceptors (Lipinski definition) is 7. The molecule has 5 rings (SSSR count). The van der Waals surface area contributed by atoms with Gasteiger partial charge in [-0.2, -0.15) is 0 Å². The number of rotatable bonds is 8. The van der Waals surface area contributed by atoms with Gasteiger partial charge in [-0.1, -0.05) is 35.5 Å². The maximum absolute atomic E-state index is 14.1. The number of methoxy groups -OCH3 is 1. The van der Waals surface area contributed by atoms with Gasteiger partial charge in [-0.25, -0.2) is 4.68 Å². The smallest absolute Gasteiger partial charge is 0.247 e. The summed E-state index contributed by atoms with van der Waals surface area (Å²) >= 11 is 0. The van der Waals surface area contributed by atoms with Crippen LogP contribution in [-0.2, 0) is 22.7 Å². The van der Waals surface area contributed by atoms with Crippen LogP contribution in [0, 0.1) is 0 Å². The molecule has 0 saturated carbocycles. The fraction of sp³-hybridized carbons (Fsp3) is 0.310. The van der Waals surface area contributed by atoms with E-state index in [0.29, 0.717) is 28.3 Å². The van der Waals surface area contributed by atoms with E-state index in [1.165, 1.54) is 0 Å². The first-order valence-electron chi connectivity index (χ1n) is 12.6. The second-order valence-electron chi connectivity index (χ2n) is 10.4. The molecule has 1 aliphatic heterocycles. The van der Waals surface area contributed by atoms with Gasteiger partial charge >= 0.3 is 0 Å². The Balaban J connectivity index is 1.57. The molecule has 1 atom stereocenters. The van der Waals surface area contributed by atoms with Crippen molar-refractivity contribution in [3.05, 3.63) is 77.9 Å². The molecule has 10 heteroatoms. The Hall–Kier alpha value is -4.60. The van der Waals surface area contributed by atoms with E-state index >= 15 is 0 Å². The van der Waals surface area contributed by atoms with Crippen LogP contribution in [0.15, 0.2) is 66.7 Å². The largest absolute Gasteiger partial charge is 0.497 e. The Bertz CT molecular complexity index is 1510. The third-order valence-electron chi connectivity index (χ3n) is 6.28. The molecule has 202 valence electrons. The third kappa shape index (κ3) is 5.79. The lowest BCUT2D eigenvalue weighted by Gasteiger charge is -2.34. The topological polar surface area (TPSA) is 108 Å². The third-order valence-corrected chi connectivity index (χ3v) is 6.28. The van der Waals surface area contributed by atoms with Crippen LogP contribution in [0.25, 0.3) is 11.0 Å². The van der Waals surface area contributed by atoms with Crippen LogP contribution in [0.3, 0.4) is 0 Å². The van der Waals surface area contributed by atoms with Crippen LogP contribution < -0.4 is 19.5 Å².